The molecule has 6 aliphatic rings. The number of fused-ring (bicyclic) bond motifs is 7. The fraction of sp³-hybridized carbons (Fsp3) is 0.646. The number of phosphoric acid groups is 1. The molecule has 0 aliphatic carbocycles. The summed E-state index contributed by atoms with van der Waals surface area (Å²) < 4.78 is 32.3. The Hall–Kier alpha value is -6.57. The second kappa shape index (κ2) is 30.3. The fourth-order valence-electron chi connectivity index (χ4n) is 15.4. The zero-order valence-corrected chi connectivity index (χ0v) is 58.7. The number of carbonyl (C=O) groups excluding carboxylic acids is 7. The number of nitrogens with one attached hydrogen (secondary N) is 2. The van der Waals surface area contributed by atoms with E-state index in [1.54, 1.807) is 4.57 Å². The molecule has 0 saturated carbocycles. The van der Waals surface area contributed by atoms with E-state index in [0.29, 0.717) is 56.4 Å². The number of benzene rings is 1. The SMILES string of the molecule is C/C1=C2N=C(/C=C3\N/C(=C(/C)C4=NC(C)(C5N=C1[C@](C)(CCC(=O)NCC(C)OP(=O)(O)O[C@H]1[C@@H](O)[C@@H](n6cnc7cc(C)c(C)cc76)O[C@@H]1CO)C5CC(N)=O)[C@@](C)(CC(N)=O)[C@@H]4CCC(N)=O)[C@@](C)(CC(N)=O)[C@@H]3CCC(N)=O)C(C)(C)[C@@H]/2CCC(N)=O.CC(O)CO.[Co+2]. The molecule has 8 bridgehead atoms. The van der Waals surface area contributed by atoms with Crippen LogP contribution < -0.4 is 45.0 Å². The van der Waals surface area contributed by atoms with Crippen LogP contribution in [0, 0.1) is 59.2 Å². The molecular formula is C65H98CoN13O16P+2. The van der Waals surface area contributed by atoms with Crippen molar-refractivity contribution in [3.63, 3.8) is 0 Å². The van der Waals surface area contributed by atoms with Gasteiger partial charge in [0, 0.05) is 131 Å². The van der Waals surface area contributed by atoms with Crippen LogP contribution in [0.5, 0.6) is 0 Å². The molecule has 16 atom stereocenters. The molecule has 8 rings (SSSR count). The zero-order chi connectivity index (χ0) is 71.0. The molecule has 1 aromatic carbocycles. The zero-order valence-electron chi connectivity index (χ0n) is 56.8. The Bertz CT molecular complexity index is 3620. The number of rotatable bonds is 27. The Morgan fingerprint density at radius 2 is 1.36 bits per heavy atom. The van der Waals surface area contributed by atoms with Crippen molar-refractivity contribution < 1.29 is 94.0 Å². The molecule has 1 aromatic heterocycles. The van der Waals surface area contributed by atoms with Gasteiger partial charge in [0.15, 0.2) is 6.23 Å². The molecule has 96 heavy (non-hydrogen) atoms. The van der Waals surface area contributed by atoms with Crippen LogP contribution in [0.3, 0.4) is 0 Å². The Kier molecular flexibility index (Phi) is 24.7. The van der Waals surface area contributed by atoms with Gasteiger partial charge in [-0.25, -0.2) is 9.55 Å². The predicted octanol–water partition coefficient (Wildman–Crippen LogP) is 2.52. The number of amides is 7. The average Bonchev–Trinajstić information content (AvgIpc) is 1.53. The van der Waals surface area contributed by atoms with Crippen molar-refractivity contribution in [2.24, 2.45) is 94.7 Å². The number of hydrogen-bond acceptors (Lipinski definition) is 20. The standard InChI is InChI=1S/C62H90N13O14P.C3H8O2.Co/c1-29-20-39-40(21-30(29)2)75(28-70-39)57-52(84)53(41(27-76)87-57)89-90(85,86)88-31(3)26-69-49(83)18-19-59(8)37(22-46(66)80)56-62(11)61(10,25-48(68)82)36(14-17-45(65)79)51(74-62)33(5)55-60(9,24-47(67)81)34(12-15-43(63)77)38(71-55)23-42-58(6,7)35(13-16-44(64)78)50(72-42)32(4)54(59)73-56;1-3(5)2-4;/h20-21,23,28,31,34-37,41,52-53,56-57,71,76,84H,12-19,22,24-27H2,1-11H3,(H2,63,77)(H2,64,78)(H2,65,79)(H2,66,80)(H2,67,81)(H2,68,82)(H,69,83)(H,85,86);3-5H,2H2,1H3;/q;;+2/b38-23-,50-32-,55-33-;;/t31?,34-,35-,36-,37?,41-,52-,53-,56?,57+,59-,60+,61+,62?;;/m1../s1. The van der Waals surface area contributed by atoms with Crippen LogP contribution >= 0.6 is 7.82 Å². The molecule has 7 amide bonds. The molecule has 6 unspecified atom stereocenters. The maximum atomic E-state index is 14.4. The normalized spacial score (nSPS) is 32.9. The van der Waals surface area contributed by atoms with E-state index in [4.69, 9.17) is 73.4 Å². The summed E-state index contributed by atoms with van der Waals surface area (Å²) in [4.78, 5) is 126. The summed E-state index contributed by atoms with van der Waals surface area (Å²) in [5, 5.41) is 44.2. The quantitative estimate of drug-likeness (QED) is 0.0572. The summed E-state index contributed by atoms with van der Waals surface area (Å²) in [5.74, 6) is -7.18. The van der Waals surface area contributed by atoms with Crippen molar-refractivity contribution in [1.82, 2.24) is 20.2 Å². The van der Waals surface area contributed by atoms with Crippen LogP contribution in [0.15, 0.2) is 67.8 Å². The van der Waals surface area contributed by atoms with Gasteiger partial charge in [0.25, 0.3) is 0 Å². The molecule has 7 heterocycles. The maximum Gasteiger partial charge on any atom is 2.00 e. The number of allylic oxidation sites excluding steroid dienone is 6. The molecular weight excluding hydrogens is 1310 g/mol. The number of aliphatic hydroxyl groups excluding tert-OH is 4. The van der Waals surface area contributed by atoms with E-state index >= 15 is 0 Å². The third-order valence-corrected chi connectivity index (χ3v) is 22.0. The Labute approximate surface area is 569 Å². The number of aliphatic hydroxyl groups is 4. The number of carbonyl (C=O) groups is 7. The van der Waals surface area contributed by atoms with Crippen molar-refractivity contribution in [2.75, 3.05) is 19.8 Å². The molecule has 1 radical (unpaired) electrons. The number of aryl methyl sites for hydroxylation is 2. The number of hydrogen-bond donors (Lipinski definition) is 13. The van der Waals surface area contributed by atoms with Gasteiger partial charge in [0.2, 0.25) is 41.4 Å². The summed E-state index contributed by atoms with van der Waals surface area (Å²) in [7, 11) is -5.07. The number of aromatic nitrogens is 2. The number of imidazole rings is 1. The molecule has 0 spiro atoms. The van der Waals surface area contributed by atoms with Gasteiger partial charge >= 0.3 is 24.6 Å². The Morgan fingerprint density at radius 3 is 1.92 bits per heavy atom. The fourth-order valence-corrected chi connectivity index (χ4v) is 16.6. The number of nitrogens with two attached hydrogens (primary N) is 6. The van der Waals surface area contributed by atoms with Gasteiger partial charge in [-0.15, -0.1) is 0 Å². The van der Waals surface area contributed by atoms with Gasteiger partial charge in [0.05, 0.1) is 54.4 Å². The van der Waals surface area contributed by atoms with Gasteiger partial charge in [0.1, 0.15) is 18.3 Å². The number of primary amides is 6. The number of phosphoric ester groups is 1. The second-order valence-electron chi connectivity index (χ2n) is 28.1. The molecule has 2 fully saturated rings. The van der Waals surface area contributed by atoms with Crippen molar-refractivity contribution in [3.05, 3.63) is 63.9 Å². The first-order valence-corrected chi connectivity index (χ1v) is 33.6. The van der Waals surface area contributed by atoms with Gasteiger partial charge in [-0.3, -0.25) is 57.6 Å². The third kappa shape index (κ3) is 15.9. The summed E-state index contributed by atoms with van der Waals surface area (Å²) in [6.07, 6.45) is -4.82. The van der Waals surface area contributed by atoms with Crippen molar-refractivity contribution >= 4 is 77.3 Å². The Morgan fingerprint density at radius 1 is 0.792 bits per heavy atom. The first-order chi connectivity index (χ1) is 44.1. The van der Waals surface area contributed by atoms with Crippen molar-refractivity contribution in [3.8, 4) is 0 Å². The van der Waals surface area contributed by atoms with Crippen LogP contribution in [0.2, 0.25) is 0 Å². The van der Waals surface area contributed by atoms with Crippen LogP contribution in [0.4, 0.5) is 0 Å². The minimum absolute atomic E-state index is 0. The van der Waals surface area contributed by atoms with Crippen LogP contribution in [0.25, 0.3) is 11.0 Å². The average molecular weight is 1410 g/mol. The van der Waals surface area contributed by atoms with Gasteiger partial charge in [-0.05, 0) is 115 Å². The summed E-state index contributed by atoms with van der Waals surface area (Å²) in [6, 6.07) is 2.70. The predicted molar refractivity (Wildman–Crippen MR) is 352 cm³/mol. The van der Waals surface area contributed by atoms with E-state index < -0.39 is 149 Å². The van der Waals surface area contributed by atoms with E-state index in [0.717, 1.165) is 11.1 Å². The smallest absolute Gasteiger partial charge is 0.394 e. The van der Waals surface area contributed by atoms with E-state index in [-0.39, 0.29) is 101 Å². The van der Waals surface area contributed by atoms with Gasteiger partial charge in [-0.2, -0.15) is 0 Å². The Balaban J connectivity index is 0.00000234. The first kappa shape index (κ1) is 78.4. The third-order valence-electron chi connectivity index (χ3n) is 20.9. The molecule has 531 valence electrons. The largest absolute Gasteiger partial charge is 2.00 e. The van der Waals surface area contributed by atoms with E-state index in [1.165, 1.54) is 20.2 Å². The van der Waals surface area contributed by atoms with Crippen LogP contribution in [0.1, 0.15) is 157 Å². The van der Waals surface area contributed by atoms with Gasteiger partial charge < -0.3 is 79.7 Å². The van der Waals surface area contributed by atoms with Crippen LogP contribution in [-0.4, -0.2) is 155 Å². The van der Waals surface area contributed by atoms with E-state index in [1.807, 2.05) is 87.4 Å². The minimum atomic E-state index is -5.07. The molecule has 6 aliphatic heterocycles. The van der Waals surface area contributed by atoms with Crippen LogP contribution in [-0.2, 0) is 68.7 Å². The van der Waals surface area contributed by atoms with Crippen molar-refractivity contribution in [2.45, 2.75) is 202 Å². The van der Waals surface area contributed by atoms with E-state index in [2.05, 4.69) is 15.6 Å². The van der Waals surface area contributed by atoms with Gasteiger partial charge in [-0.1, -0.05) is 34.6 Å². The summed E-state index contributed by atoms with van der Waals surface area (Å²) in [5.41, 5.74) is 37.4. The van der Waals surface area contributed by atoms with Crippen molar-refractivity contribution in [1.29, 1.82) is 0 Å². The summed E-state index contributed by atoms with van der Waals surface area (Å²) >= 11 is 0. The molecule has 19 N–H and O–H groups in total. The number of nitrogens with zero attached hydrogens (tertiary/aromatic N) is 5. The molecule has 31 heteroatoms. The second-order valence-corrected chi connectivity index (χ2v) is 29.5. The maximum absolute atomic E-state index is 14.4. The monoisotopic (exact) mass is 1410 g/mol. The van der Waals surface area contributed by atoms with E-state index in [9.17, 15) is 53.2 Å². The molecule has 29 nitrogen and oxygen atoms in total. The number of aliphatic imine (C=N–C) groups is 3. The topological polar surface area (TPSA) is 500 Å². The summed E-state index contributed by atoms with van der Waals surface area (Å²) in [6.45, 7) is 20.6. The first-order valence-electron chi connectivity index (χ1n) is 32.1. The molecule has 2 saturated heterocycles. The molecule has 2 aromatic rings. The number of ether oxygens (including phenoxy) is 1. The minimum Gasteiger partial charge on any atom is -0.394 e.